The SMILES string of the molecule is CN1CNNC1[C@H](C1CCC1)C1CCCC(n2cc3c(C(F)(F)F)cc(CN4CCC(=O)N4)cn3c2=O)C1. The molecule has 4 fully saturated rings. The zero-order chi connectivity index (χ0) is 26.6. The molecule has 2 aliphatic carbocycles. The average molecular weight is 536 g/mol. The summed E-state index contributed by atoms with van der Waals surface area (Å²) in [5.41, 5.74) is 8.32. The minimum atomic E-state index is -4.61. The van der Waals surface area contributed by atoms with Gasteiger partial charge in [0, 0.05) is 37.9 Å². The molecule has 2 saturated carbocycles. The highest BCUT2D eigenvalue weighted by Crippen LogP contribution is 2.46. The first-order chi connectivity index (χ1) is 18.2. The first-order valence-corrected chi connectivity index (χ1v) is 13.8. The molecule has 1 amide bonds. The van der Waals surface area contributed by atoms with E-state index < -0.39 is 17.4 Å². The van der Waals surface area contributed by atoms with E-state index in [0.717, 1.165) is 42.8 Å². The van der Waals surface area contributed by atoms with Gasteiger partial charge >= 0.3 is 11.9 Å². The summed E-state index contributed by atoms with van der Waals surface area (Å²) in [7, 11) is 2.11. The fourth-order valence-corrected chi connectivity index (χ4v) is 7.10. The van der Waals surface area contributed by atoms with Gasteiger partial charge in [-0.1, -0.05) is 25.7 Å². The zero-order valence-electron chi connectivity index (χ0n) is 21.6. The molecule has 0 radical (unpaired) electrons. The number of hydrazine groups is 2. The Morgan fingerprint density at radius 1 is 1.08 bits per heavy atom. The van der Waals surface area contributed by atoms with Crippen molar-refractivity contribution in [2.24, 2.45) is 17.8 Å². The van der Waals surface area contributed by atoms with Crippen LogP contribution in [0.3, 0.4) is 0 Å². The molecule has 6 rings (SSSR count). The Morgan fingerprint density at radius 2 is 1.84 bits per heavy atom. The maximum atomic E-state index is 14.1. The van der Waals surface area contributed by atoms with Crippen LogP contribution in [0.5, 0.6) is 0 Å². The van der Waals surface area contributed by atoms with Gasteiger partial charge in [-0.25, -0.2) is 20.7 Å². The Bertz CT molecular complexity index is 1250. The molecule has 2 aromatic heterocycles. The normalized spacial score (nSPS) is 28.6. The number of carbonyl (C=O) groups excluding carboxylic acids is 1. The van der Waals surface area contributed by atoms with Gasteiger partial charge in [0.15, 0.2) is 0 Å². The molecule has 12 heteroatoms. The molecular weight excluding hydrogens is 499 g/mol. The van der Waals surface area contributed by atoms with Gasteiger partial charge < -0.3 is 0 Å². The molecule has 2 aliphatic heterocycles. The van der Waals surface area contributed by atoms with Crippen LogP contribution < -0.4 is 22.0 Å². The van der Waals surface area contributed by atoms with Crippen molar-refractivity contribution in [3.05, 3.63) is 40.1 Å². The predicted molar refractivity (Wildman–Crippen MR) is 134 cm³/mol. The van der Waals surface area contributed by atoms with Crippen LogP contribution in [0.4, 0.5) is 13.2 Å². The van der Waals surface area contributed by atoms with Crippen LogP contribution >= 0.6 is 0 Å². The van der Waals surface area contributed by atoms with E-state index in [0.29, 0.717) is 36.3 Å². The Morgan fingerprint density at radius 3 is 2.47 bits per heavy atom. The number of amides is 1. The topological polar surface area (TPSA) is 86.0 Å². The Hall–Kier alpha value is -2.41. The molecule has 2 saturated heterocycles. The van der Waals surface area contributed by atoms with Gasteiger partial charge in [0.1, 0.15) is 0 Å². The molecule has 38 heavy (non-hydrogen) atoms. The number of hydrogen-bond donors (Lipinski definition) is 3. The molecule has 0 aromatic carbocycles. The number of nitrogens with one attached hydrogen (secondary N) is 3. The largest absolute Gasteiger partial charge is 0.418 e. The fourth-order valence-electron chi connectivity index (χ4n) is 7.10. The van der Waals surface area contributed by atoms with Gasteiger partial charge in [0.2, 0.25) is 5.91 Å². The maximum absolute atomic E-state index is 14.1. The number of imidazole rings is 1. The highest BCUT2D eigenvalue weighted by Gasteiger charge is 2.44. The Labute approximate surface area is 219 Å². The summed E-state index contributed by atoms with van der Waals surface area (Å²) in [6.45, 7) is 1.30. The number of nitrogens with zero attached hydrogens (tertiary/aromatic N) is 4. The van der Waals surface area contributed by atoms with Gasteiger partial charge in [0.05, 0.1) is 23.9 Å². The lowest BCUT2D eigenvalue weighted by Gasteiger charge is -2.46. The molecule has 0 spiro atoms. The van der Waals surface area contributed by atoms with Crippen molar-refractivity contribution in [2.75, 3.05) is 20.3 Å². The van der Waals surface area contributed by atoms with Crippen LogP contribution in [-0.2, 0) is 17.5 Å². The van der Waals surface area contributed by atoms with Crippen molar-refractivity contribution in [2.45, 2.75) is 76.3 Å². The van der Waals surface area contributed by atoms with Crippen LogP contribution in [0.1, 0.15) is 68.5 Å². The summed E-state index contributed by atoms with van der Waals surface area (Å²) in [6.07, 6.45) is 6.10. The fraction of sp³-hybridized carbons (Fsp3) is 0.692. The summed E-state index contributed by atoms with van der Waals surface area (Å²) in [5.74, 6) is 1.30. The number of halogens is 3. The lowest BCUT2D eigenvalue weighted by atomic mass is 9.65. The van der Waals surface area contributed by atoms with Gasteiger partial charge in [-0.2, -0.15) is 13.2 Å². The van der Waals surface area contributed by atoms with Crippen molar-refractivity contribution in [3.63, 3.8) is 0 Å². The van der Waals surface area contributed by atoms with E-state index in [2.05, 4.69) is 28.2 Å². The molecular formula is C26H36F3N7O2. The second-order valence-corrected chi connectivity index (χ2v) is 11.6. The number of rotatable bonds is 6. The summed E-state index contributed by atoms with van der Waals surface area (Å²) in [6, 6.07) is 0.972. The summed E-state index contributed by atoms with van der Waals surface area (Å²) >= 11 is 0. The van der Waals surface area contributed by atoms with Crippen molar-refractivity contribution in [3.8, 4) is 0 Å². The third-order valence-electron chi connectivity index (χ3n) is 9.16. The Kier molecular flexibility index (Phi) is 6.78. The lowest BCUT2D eigenvalue weighted by molar-refractivity contribution is -0.136. The number of aromatic nitrogens is 2. The van der Waals surface area contributed by atoms with Gasteiger partial charge in [-0.3, -0.25) is 24.1 Å². The zero-order valence-corrected chi connectivity index (χ0v) is 21.6. The number of alkyl halides is 3. The van der Waals surface area contributed by atoms with E-state index in [-0.39, 0.29) is 30.2 Å². The summed E-state index contributed by atoms with van der Waals surface area (Å²) < 4.78 is 45.1. The standard InChI is InChI=1S/C26H36F3N7O2/c1-33-15-30-31-24(33)23(17-4-2-5-17)18-6-3-7-19(11-18)35-14-21-20(26(27,28)29)10-16(13-36(21)25(35)38)12-34-9-8-22(37)32-34/h10,13-14,17-19,23-24,30-31H,2-9,11-12,15H2,1H3,(H,32,37)/t18?,19?,23-,24?/m1/s1. The minimum Gasteiger partial charge on any atom is -0.295 e. The van der Waals surface area contributed by atoms with Crippen LogP contribution in [-0.4, -0.2) is 51.2 Å². The van der Waals surface area contributed by atoms with Gasteiger partial charge in [-0.15, -0.1) is 0 Å². The van der Waals surface area contributed by atoms with Crippen LogP contribution in [0.2, 0.25) is 0 Å². The molecule has 4 aliphatic rings. The quantitative estimate of drug-likeness (QED) is 0.528. The molecule has 9 nitrogen and oxygen atoms in total. The molecule has 2 aromatic rings. The molecule has 3 unspecified atom stereocenters. The summed E-state index contributed by atoms with van der Waals surface area (Å²) in [4.78, 5) is 27.4. The summed E-state index contributed by atoms with van der Waals surface area (Å²) in [5, 5.41) is 1.58. The van der Waals surface area contributed by atoms with Gasteiger partial charge in [-0.05, 0) is 55.7 Å². The van der Waals surface area contributed by atoms with E-state index in [1.807, 2.05) is 0 Å². The molecule has 3 N–H and O–H groups in total. The predicted octanol–water partition coefficient (Wildman–Crippen LogP) is 2.83. The lowest BCUT2D eigenvalue weighted by Crippen LogP contribution is -2.50. The smallest absolute Gasteiger partial charge is 0.295 e. The van der Waals surface area contributed by atoms with Crippen LogP contribution in [0.15, 0.2) is 23.3 Å². The van der Waals surface area contributed by atoms with Crippen LogP contribution in [0, 0.1) is 17.8 Å². The van der Waals surface area contributed by atoms with Crippen molar-refractivity contribution in [1.82, 2.24) is 35.2 Å². The first-order valence-electron chi connectivity index (χ1n) is 13.8. The third-order valence-corrected chi connectivity index (χ3v) is 9.16. The first kappa shape index (κ1) is 25.8. The second-order valence-electron chi connectivity index (χ2n) is 11.6. The average Bonchev–Trinajstić information content (AvgIpc) is 3.54. The highest BCUT2D eigenvalue weighted by molar-refractivity contribution is 5.77. The number of pyridine rings is 1. The van der Waals surface area contributed by atoms with E-state index in [1.54, 1.807) is 9.58 Å². The van der Waals surface area contributed by atoms with E-state index in [4.69, 9.17) is 0 Å². The monoisotopic (exact) mass is 535 g/mol. The van der Waals surface area contributed by atoms with Crippen molar-refractivity contribution >= 4 is 11.4 Å². The van der Waals surface area contributed by atoms with E-state index in [1.165, 1.54) is 31.7 Å². The number of carbonyl (C=O) groups is 1. The molecule has 4 heterocycles. The number of fused-ring (bicyclic) bond motifs is 1. The molecule has 4 atom stereocenters. The highest BCUT2D eigenvalue weighted by atomic mass is 19.4. The van der Waals surface area contributed by atoms with E-state index >= 15 is 0 Å². The second kappa shape index (κ2) is 9.96. The van der Waals surface area contributed by atoms with Crippen LogP contribution in [0.25, 0.3) is 5.52 Å². The van der Waals surface area contributed by atoms with E-state index in [9.17, 15) is 22.8 Å². The third kappa shape index (κ3) is 4.76. The minimum absolute atomic E-state index is 0.104. The maximum Gasteiger partial charge on any atom is 0.418 e. The molecule has 208 valence electrons. The Balaban J connectivity index is 1.32. The number of hydrogen-bond acceptors (Lipinski definition) is 6. The van der Waals surface area contributed by atoms with Crippen molar-refractivity contribution < 1.29 is 18.0 Å². The molecule has 0 bridgehead atoms. The van der Waals surface area contributed by atoms with Gasteiger partial charge in [0.25, 0.3) is 0 Å². The van der Waals surface area contributed by atoms with Crippen molar-refractivity contribution in [1.29, 1.82) is 0 Å².